The number of pyridine rings is 1. The highest BCUT2D eigenvalue weighted by Crippen LogP contribution is 2.19. The Bertz CT molecular complexity index is 551. The Kier molecular flexibility index (Phi) is 3.57. The molecule has 0 fully saturated rings. The number of hydrogen-bond donors (Lipinski definition) is 1. The summed E-state index contributed by atoms with van der Waals surface area (Å²) in [7, 11) is 0. The molecule has 2 aromatic heterocycles. The van der Waals surface area contributed by atoms with Crippen LogP contribution in [0.2, 0.25) is 0 Å². The van der Waals surface area contributed by atoms with E-state index in [9.17, 15) is 4.79 Å². The molecule has 0 unspecified atom stereocenters. The van der Waals surface area contributed by atoms with Gasteiger partial charge in [0.2, 0.25) is 0 Å². The van der Waals surface area contributed by atoms with Gasteiger partial charge in [-0.2, -0.15) is 5.10 Å². The number of nitrogens with zero attached hydrogens (tertiary/aromatic N) is 3. The van der Waals surface area contributed by atoms with Crippen molar-refractivity contribution in [2.75, 3.05) is 12.3 Å². The van der Waals surface area contributed by atoms with Gasteiger partial charge in [0.05, 0.1) is 12.8 Å². The molecular weight excluding hydrogens is 232 g/mol. The number of aromatic nitrogens is 3. The fourth-order valence-corrected chi connectivity index (χ4v) is 1.57. The van der Waals surface area contributed by atoms with Crippen molar-refractivity contribution in [3.05, 3.63) is 30.7 Å². The molecule has 0 spiro atoms. The summed E-state index contributed by atoms with van der Waals surface area (Å²) in [5.41, 5.74) is 7.41. The molecule has 2 N–H and O–H groups in total. The summed E-state index contributed by atoms with van der Waals surface area (Å²) < 4.78 is 6.38. The SMILES string of the molecule is CCOC(=O)Cn1cc(-c2ccnc(N)c2)cn1. The molecule has 0 atom stereocenters. The molecule has 2 heterocycles. The van der Waals surface area contributed by atoms with E-state index in [-0.39, 0.29) is 12.5 Å². The number of carbonyl (C=O) groups is 1. The largest absolute Gasteiger partial charge is 0.465 e. The summed E-state index contributed by atoms with van der Waals surface area (Å²) in [6.07, 6.45) is 5.08. The van der Waals surface area contributed by atoms with Crippen LogP contribution in [-0.4, -0.2) is 27.3 Å². The summed E-state index contributed by atoms with van der Waals surface area (Å²) in [5, 5.41) is 4.10. The van der Waals surface area contributed by atoms with Crippen LogP contribution < -0.4 is 5.73 Å². The van der Waals surface area contributed by atoms with Crippen LogP contribution in [0.5, 0.6) is 0 Å². The topological polar surface area (TPSA) is 83.0 Å². The quantitative estimate of drug-likeness (QED) is 0.816. The van der Waals surface area contributed by atoms with Gasteiger partial charge in [0.15, 0.2) is 0 Å². The van der Waals surface area contributed by atoms with Crippen LogP contribution in [-0.2, 0) is 16.1 Å². The molecule has 0 saturated carbocycles. The molecular formula is C12H14N4O2. The number of anilines is 1. The Morgan fingerprint density at radius 3 is 3.06 bits per heavy atom. The Labute approximate surface area is 104 Å². The second kappa shape index (κ2) is 5.31. The van der Waals surface area contributed by atoms with E-state index in [1.54, 1.807) is 31.6 Å². The minimum absolute atomic E-state index is 0.106. The zero-order valence-corrected chi connectivity index (χ0v) is 10.0. The predicted octanol–water partition coefficient (Wildman–Crippen LogP) is 1.09. The highest BCUT2D eigenvalue weighted by molar-refractivity contribution is 5.69. The minimum atomic E-state index is -0.304. The van der Waals surface area contributed by atoms with Gasteiger partial charge in [0.25, 0.3) is 0 Å². The van der Waals surface area contributed by atoms with E-state index >= 15 is 0 Å². The molecule has 18 heavy (non-hydrogen) atoms. The molecule has 6 heteroatoms. The van der Waals surface area contributed by atoms with Gasteiger partial charge in [-0.1, -0.05) is 0 Å². The fraction of sp³-hybridized carbons (Fsp3) is 0.250. The van der Waals surface area contributed by atoms with Crippen LogP contribution in [0.25, 0.3) is 11.1 Å². The van der Waals surface area contributed by atoms with Crippen LogP contribution in [0.3, 0.4) is 0 Å². The molecule has 0 aliphatic heterocycles. The van der Waals surface area contributed by atoms with Crippen molar-refractivity contribution in [2.24, 2.45) is 0 Å². The van der Waals surface area contributed by atoms with Crippen LogP contribution in [0.15, 0.2) is 30.7 Å². The molecule has 6 nitrogen and oxygen atoms in total. The number of hydrogen-bond acceptors (Lipinski definition) is 5. The molecule has 0 aliphatic carbocycles. The first kappa shape index (κ1) is 12.1. The zero-order valence-electron chi connectivity index (χ0n) is 10.0. The maximum atomic E-state index is 11.3. The minimum Gasteiger partial charge on any atom is -0.465 e. The van der Waals surface area contributed by atoms with Crippen molar-refractivity contribution in [3.8, 4) is 11.1 Å². The molecule has 0 amide bonds. The monoisotopic (exact) mass is 246 g/mol. The number of nitrogens with two attached hydrogens (primary N) is 1. The summed E-state index contributed by atoms with van der Waals surface area (Å²) in [6.45, 7) is 2.24. The van der Waals surface area contributed by atoms with Crippen molar-refractivity contribution >= 4 is 11.8 Å². The van der Waals surface area contributed by atoms with Gasteiger partial charge in [0.1, 0.15) is 12.4 Å². The third-order valence-electron chi connectivity index (χ3n) is 2.34. The zero-order chi connectivity index (χ0) is 13.0. The number of esters is 1. The third kappa shape index (κ3) is 2.85. The molecule has 94 valence electrons. The van der Waals surface area contributed by atoms with Crippen LogP contribution in [0.4, 0.5) is 5.82 Å². The summed E-state index contributed by atoms with van der Waals surface area (Å²) in [4.78, 5) is 15.2. The first-order chi connectivity index (χ1) is 8.69. The maximum Gasteiger partial charge on any atom is 0.327 e. The Hall–Kier alpha value is -2.37. The van der Waals surface area contributed by atoms with Gasteiger partial charge < -0.3 is 10.5 Å². The second-order valence-corrected chi connectivity index (χ2v) is 3.70. The molecule has 2 rings (SSSR count). The van der Waals surface area contributed by atoms with Gasteiger partial charge in [0, 0.05) is 18.0 Å². The first-order valence-corrected chi connectivity index (χ1v) is 5.59. The number of carbonyl (C=O) groups excluding carboxylic acids is 1. The van der Waals surface area contributed by atoms with E-state index in [1.165, 1.54) is 4.68 Å². The van der Waals surface area contributed by atoms with E-state index in [1.807, 2.05) is 6.07 Å². The van der Waals surface area contributed by atoms with Gasteiger partial charge in [-0.15, -0.1) is 0 Å². The highest BCUT2D eigenvalue weighted by Gasteiger charge is 2.06. The lowest BCUT2D eigenvalue weighted by molar-refractivity contribution is -0.144. The molecule has 0 aliphatic rings. The number of rotatable bonds is 4. The Morgan fingerprint density at radius 2 is 2.33 bits per heavy atom. The Morgan fingerprint density at radius 1 is 1.50 bits per heavy atom. The average molecular weight is 246 g/mol. The maximum absolute atomic E-state index is 11.3. The third-order valence-corrected chi connectivity index (χ3v) is 2.34. The van der Waals surface area contributed by atoms with Gasteiger partial charge in [-0.3, -0.25) is 9.48 Å². The van der Waals surface area contributed by atoms with Crippen molar-refractivity contribution in [1.29, 1.82) is 0 Å². The van der Waals surface area contributed by atoms with E-state index in [4.69, 9.17) is 10.5 Å². The average Bonchev–Trinajstić information content (AvgIpc) is 2.78. The van der Waals surface area contributed by atoms with E-state index < -0.39 is 0 Å². The molecule has 0 bridgehead atoms. The number of nitrogen functional groups attached to an aromatic ring is 1. The van der Waals surface area contributed by atoms with Gasteiger partial charge >= 0.3 is 5.97 Å². The smallest absolute Gasteiger partial charge is 0.327 e. The van der Waals surface area contributed by atoms with Crippen LogP contribution in [0.1, 0.15) is 6.92 Å². The number of ether oxygens (including phenoxy) is 1. The Balaban J connectivity index is 2.13. The lowest BCUT2D eigenvalue weighted by atomic mass is 10.1. The molecule has 2 aromatic rings. The normalized spacial score (nSPS) is 10.3. The predicted molar refractivity (Wildman–Crippen MR) is 66.5 cm³/mol. The van der Waals surface area contributed by atoms with Gasteiger partial charge in [-0.25, -0.2) is 4.98 Å². The molecule has 0 radical (unpaired) electrons. The van der Waals surface area contributed by atoms with E-state index in [2.05, 4.69) is 10.1 Å². The molecule has 0 saturated heterocycles. The summed E-state index contributed by atoms with van der Waals surface area (Å²) >= 11 is 0. The summed E-state index contributed by atoms with van der Waals surface area (Å²) in [6, 6.07) is 3.59. The lowest BCUT2D eigenvalue weighted by Crippen LogP contribution is -2.13. The van der Waals surface area contributed by atoms with E-state index in [0.29, 0.717) is 12.4 Å². The lowest BCUT2D eigenvalue weighted by Gasteiger charge is -2.01. The first-order valence-electron chi connectivity index (χ1n) is 5.59. The van der Waals surface area contributed by atoms with Crippen molar-refractivity contribution in [1.82, 2.24) is 14.8 Å². The molecule has 0 aromatic carbocycles. The van der Waals surface area contributed by atoms with Gasteiger partial charge in [-0.05, 0) is 24.6 Å². The van der Waals surface area contributed by atoms with Crippen molar-refractivity contribution in [2.45, 2.75) is 13.5 Å². The second-order valence-electron chi connectivity index (χ2n) is 3.70. The van der Waals surface area contributed by atoms with Crippen molar-refractivity contribution < 1.29 is 9.53 Å². The van der Waals surface area contributed by atoms with E-state index in [0.717, 1.165) is 11.1 Å². The highest BCUT2D eigenvalue weighted by atomic mass is 16.5. The fourth-order valence-electron chi connectivity index (χ4n) is 1.57. The summed E-state index contributed by atoms with van der Waals surface area (Å²) in [5.74, 6) is 0.145. The van der Waals surface area contributed by atoms with Crippen LogP contribution >= 0.6 is 0 Å². The van der Waals surface area contributed by atoms with Crippen LogP contribution in [0, 0.1) is 0 Å². The standard InChI is InChI=1S/C12H14N4O2/c1-2-18-12(17)8-16-7-10(6-15-16)9-3-4-14-11(13)5-9/h3-7H,2,8H2,1H3,(H2,13,14). The van der Waals surface area contributed by atoms with Crippen molar-refractivity contribution in [3.63, 3.8) is 0 Å².